The number of carbonyl (C=O) groups excluding carboxylic acids is 1. The van der Waals surface area contributed by atoms with Crippen molar-refractivity contribution in [3.05, 3.63) is 35.9 Å². The Labute approximate surface area is 148 Å². The third-order valence-electron chi connectivity index (χ3n) is 4.34. The van der Waals surface area contributed by atoms with Crippen LogP contribution in [-0.4, -0.2) is 46.2 Å². The van der Waals surface area contributed by atoms with Crippen molar-refractivity contribution in [3.8, 4) is 0 Å². The normalized spacial score (nSPS) is 31.8. The van der Waals surface area contributed by atoms with Gasteiger partial charge in [0.2, 0.25) is 0 Å². The van der Waals surface area contributed by atoms with Crippen molar-refractivity contribution >= 4 is 13.7 Å². The minimum absolute atomic E-state index is 0.405. The Bertz CT molecular complexity index is 669. The van der Waals surface area contributed by atoms with Crippen LogP contribution in [0.25, 0.3) is 0 Å². The van der Waals surface area contributed by atoms with Crippen molar-refractivity contribution < 1.29 is 45.3 Å². The van der Waals surface area contributed by atoms with Crippen LogP contribution < -0.4 is 0 Å². The first-order valence-corrected chi connectivity index (χ1v) is 9.17. The zero-order valence-corrected chi connectivity index (χ0v) is 15.7. The van der Waals surface area contributed by atoms with Crippen LogP contribution in [0, 0.1) is 0 Å². The molecule has 1 fully saturated rings. The van der Waals surface area contributed by atoms with E-state index in [4.69, 9.17) is 22.6 Å². The van der Waals surface area contributed by atoms with Crippen molar-refractivity contribution in [2.45, 2.75) is 24.3 Å². The second kappa shape index (κ2) is 6.40. The van der Waals surface area contributed by atoms with Gasteiger partial charge in [-0.25, -0.2) is 0 Å². The van der Waals surface area contributed by atoms with Crippen molar-refractivity contribution in [1.82, 2.24) is 0 Å². The molecule has 2 atom stereocenters. The van der Waals surface area contributed by atoms with E-state index in [2.05, 4.69) is 4.74 Å². The summed E-state index contributed by atoms with van der Waals surface area (Å²) in [7, 11) is -1.33. The number of rotatable bonds is 5. The second-order valence-corrected chi connectivity index (χ2v) is 8.50. The molecule has 2 unspecified atom stereocenters. The van der Waals surface area contributed by atoms with Crippen LogP contribution in [0.3, 0.4) is 0 Å². The maximum atomic E-state index is 14.5. The standard InChI is InChI=1S/C15H20F3O7P/c1-13(12(19)20-2)14(15(16,17)18,11-9-7-6-8-10-11)25-26(21-3,22-4,23-5)24-13/h6-10H,1-5H3. The zero-order valence-electron chi connectivity index (χ0n) is 14.8. The fourth-order valence-electron chi connectivity index (χ4n) is 3.00. The van der Waals surface area contributed by atoms with Crippen LogP contribution in [0.4, 0.5) is 13.2 Å². The molecule has 11 heteroatoms. The topological polar surface area (TPSA) is 72.5 Å². The Morgan fingerprint density at radius 3 is 1.88 bits per heavy atom. The number of ether oxygens (including phenoxy) is 1. The van der Waals surface area contributed by atoms with Gasteiger partial charge in [-0.2, -0.15) is 0 Å². The van der Waals surface area contributed by atoms with Gasteiger partial charge in [-0.05, 0) is 0 Å². The summed E-state index contributed by atoms with van der Waals surface area (Å²) in [5.41, 5.74) is -6.44. The third-order valence-corrected chi connectivity index (χ3v) is 7.36. The van der Waals surface area contributed by atoms with E-state index >= 15 is 0 Å². The molecule has 7 nitrogen and oxygen atoms in total. The number of carbonyl (C=O) groups is 1. The molecule has 1 aliphatic rings. The average Bonchev–Trinajstić information content (AvgIpc) is 2.91. The average molecular weight is 400 g/mol. The zero-order chi connectivity index (χ0) is 19.9. The van der Waals surface area contributed by atoms with Crippen molar-refractivity contribution in [3.63, 3.8) is 0 Å². The van der Waals surface area contributed by atoms with Gasteiger partial charge in [0, 0.05) is 0 Å². The third kappa shape index (κ3) is 2.56. The maximum absolute atomic E-state index is 14.5. The number of halogens is 3. The molecular formula is C15H20F3O7P. The second-order valence-electron chi connectivity index (χ2n) is 5.55. The van der Waals surface area contributed by atoms with Crippen molar-refractivity contribution in [2.24, 2.45) is 0 Å². The molecule has 0 amide bonds. The Morgan fingerprint density at radius 2 is 1.50 bits per heavy atom. The van der Waals surface area contributed by atoms with Crippen LogP contribution in [-0.2, 0) is 37.8 Å². The van der Waals surface area contributed by atoms with Gasteiger partial charge in [-0.15, -0.1) is 0 Å². The molecule has 0 radical (unpaired) electrons. The molecule has 1 saturated heterocycles. The number of alkyl halides is 3. The molecule has 1 aromatic carbocycles. The Kier molecular flexibility index (Phi) is 5.17. The van der Waals surface area contributed by atoms with Gasteiger partial charge < -0.3 is 0 Å². The minimum atomic E-state index is -5.26. The van der Waals surface area contributed by atoms with Gasteiger partial charge in [0.1, 0.15) is 0 Å². The van der Waals surface area contributed by atoms with E-state index in [9.17, 15) is 18.0 Å². The molecule has 1 aromatic rings. The van der Waals surface area contributed by atoms with Gasteiger partial charge in [0.25, 0.3) is 0 Å². The van der Waals surface area contributed by atoms with Crippen molar-refractivity contribution in [1.29, 1.82) is 0 Å². The number of esters is 1. The van der Waals surface area contributed by atoms with Crippen LogP contribution >= 0.6 is 7.74 Å². The molecule has 148 valence electrons. The SMILES string of the molecule is COC(=O)C1(C)OP(OC)(OC)(OC)OC1(c1ccccc1)C(F)(F)F. The van der Waals surface area contributed by atoms with E-state index in [-0.39, 0.29) is 0 Å². The number of benzene rings is 1. The Balaban J connectivity index is 2.93. The van der Waals surface area contributed by atoms with E-state index in [1.807, 2.05) is 0 Å². The summed E-state index contributed by atoms with van der Waals surface area (Å²) in [5.74, 6) is -1.34. The fraction of sp³-hybridized carbons (Fsp3) is 0.533. The van der Waals surface area contributed by atoms with Gasteiger partial charge >= 0.3 is 148 Å². The molecule has 2 rings (SSSR count). The molecule has 0 saturated carbocycles. The molecule has 1 heterocycles. The van der Waals surface area contributed by atoms with E-state index in [1.54, 1.807) is 0 Å². The number of hydrogen-bond acceptors (Lipinski definition) is 7. The van der Waals surface area contributed by atoms with Crippen LogP contribution in [0.1, 0.15) is 12.5 Å². The summed E-state index contributed by atoms with van der Waals surface area (Å²) in [6.45, 7) is 0.894. The fourth-order valence-corrected chi connectivity index (χ4v) is 5.56. The van der Waals surface area contributed by atoms with Gasteiger partial charge in [-0.1, -0.05) is 0 Å². The summed E-state index contributed by atoms with van der Waals surface area (Å²) < 4.78 is 74.1. The van der Waals surface area contributed by atoms with E-state index < -0.39 is 36.6 Å². The van der Waals surface area contributed by atoms with Gasteiger partial charge in [-0.3, -0.25) is 0 Å². The molecule has 0 N–H and O–H groups in total. The molecule has 26 heavy (non-hydrogen) atoms. The summed E-state index contributed by atoms with van der Waals surface area (Å²) in [4.78, 5) is 12.5. The predicted octanol–water partition coefficient (Wildman–Crippen LogP) is 3.49. The van der Waals surface area contributed by atoms with Crippen molar-refractivity contribution in [2.75, 3.05) is 28.4 Å². The number of hydrogen-bond donors (Lipinski definition) is 0. The number of methoxy groups -OCH3 is 1. The quantitative estimate of drug-likeness (QED) is 0.553. The predicted molar refractivity (Wildman–Crippen MR) is 84.7 cm³/mol. The molecule has 0 aliphatic carbocycles. The van der Waals surface area contributed by atoms with Crippen LogP contribution in [0.5, 0.6) is 0 Å². The van der Waals surface area contributed by atoms with E-state index in [1.165, 1.54) is 18.2 Å². The van der Waals surface area contributed by atoms with Crippen LogP contribution in [0.2, 0.25) is 0 Å². The first-order chi connectivity index (χ1) is 12.0. The summed E-state index contributed by atoms with van der Waals surface area (Å²) >= 11 is 0. The summed E-state index contributed by atoms with van der Waals surface area (Å²) in [5, 5.41) is 0. The van der Waals surface area contributed by atoms with E-state index in [0.29, 0.717) is 0 Å². The molecule has 0 bridgehead atoms. The molecule has 0 spiro atoms. The first-order valence-electron chi connectivity index (χ1n) is 7.34. The van der Waals surface area contributed by atoms with Gasteiger partial charge in [0.05, 0.1) is 0 Å². The first kappa shape index (κ1) is 21.0. The molecular weight excluding hydrogens is 380 g/mol. The summed E-state index contributed by atoms with van der Waals surface area (Å²) in [6.07, 6.45) is -5.13. The monoisotopic (exact) mass is 400 g/mol. The summed E-state index contributed by atoms with van der Waals surface area (Å²) in [6, 6.07) is 6.54. The Morgan fingerprint density at radius 1 is 1.00 bits per heavy atom. The van der Waals surface area contributed by atoms with Gasteiger partial charge in [0.15, 0.2) is 0 Å². The molecule has 1 aliphatic heterocycles. The van der Waals surface area contributed by atoms with E-state index in [0.717, 1.165) is 47.5 Å². The molecule has 0 aromatic heterocycles. The Hall–Kier alpha value is -1.29. The van der Waals surface area contributed by atoms with Crippen LogP contribution in [0.15, 0.2) is 30.3 Å².